The zero-order valence-corrected chi connectivity index (χ0v) is 24.5. The highest BCUT2D eigenvalue weighted by atomic mass is 16.5. The molecule has 10 heteroatoms. The molecule has 3 heterocycles. The summed E-state index contributed by atoms with van der Waals surface area (Å²) < 4.78 is 11.3. The minimum absolute atomic E-state index is 0.0652. The minimum atomic E-state index is -0.299. The summed E-state index contributed by atoms with van der Waals surface area (Å²) in [4.78, 5) is 23.8. The molecule has 10 nitrogen and oxygen atoms in total. The van der Waals surface area contributed by atoms with Crippen LogP contribution in [0.1, 0.15) is 38.3 Å². The van der Waals surface area contributed by atoms with E-state index in [4.69, 9.17) is 14.5 Å². The van der Waals surface area contributed by atoms with Crippen LogP contribution in [0.5, 0.6) is 5.75 Å². The molecular weight excluding hydrogens is 530 g/mol. The number of carbonyl (C=O) groups is 1. The fourth-order valence-electron chi connectivity index (χ4n) is 5.13. The van der Waals surface area contributed by atoms with E-state index in [2.05, 4.69) is 76.8 Å². The smallest absolute Gasteiger partial charge is 0.247 e. The van der Waals surface area contributed by atoms with Gasteiger partial charge in [0.2, 0.25) is 11.9 Å². The second kappa shape index (κ2) is 13.5. The Morgan fingerprint density at radius 1 is 1.21 bits per heavy atom. The van der Waals surface area contributed by atoms with Gasteiger partial charge < -0.3 is 25.0 Å². The van der Waals surface area contributed by atoms with Gasteiger partial charge in [0.05, 0.1) is 43.4 Å². The summed E-state index contributed by atoms with van der Waals surface area (Å²) in [5, 5.41) is 8.21. The van der Waals surface area contributed by atoms with E-state index in [0.29, 0.717) is 61.1 Å². The van der Waals surface area contributed by atoms with Crippen molar-refractivity contribution in [2.75, 3.05) is 54.0 Å². The van der Waals surface area contributed by atoms with Crippen LogP contribution in [0.25, 0.3) is 0 Å². The lowest BCUT2D eigenvalue weighted by molar-refractivity contribution is -0.111. The van der Waals surface area contributed by atoms with Crippen LogP contribution in [0, 0.1) is 5.92 Å². The standard InChI is InChI=1S/C32H39N7O3/c1-5-22(3)18-24-21-39(37-31(24)23-10-8-7-9-11-23)29-12-13-33-32(36-29)35-26-19-25(34-30(40)6-2)27(20-28(26)41-4)38-14-16-42-17-15-38/h6-13,19-22,31,37H,2,5,14-18H2,1,3-4H3,(H,34,40)(H,33,35,36). The van der Waals surface area contributed by atoms with Crippen molar-refractivity contribution in [1.29, 1.82) is 0 Å². The molecule has 2 atom stereocenters. The van der Waals surface area contributed by atoms with E-state index in [1.807, 2.05) is 29.3 Å². The summed E-state index contributed by atoms with van der Waals surface area (Å²) in [5.74, 6) is 1.97. The van der Waals surface area contributed by atoms with Crippen molar-refractivity contribution in [3.05, 3.63) is 84.7 Å². The summed E-state index contributed by atoms with van der Waals surface area (Å²) in [5.41, 5.74) is 8.24. The van der Waals surface area contributed by atoms with E-state index in [-0.39, 0.29) is 11.9 Å². The van der Waals surface area contributed by atoms with Gasteiger partial charge in [0.25, 0.3) is 0 Å². The lowest BCUT2D eigenvalue weighted by atomic mass is 9.92. The van der Waals surface area contributed by atoms with Crippen LogP contribution in [0.2, 0.25) is 0 Å². The Labute approximate surface area is 247 Å². The van der Waals surface area contributed by atoms with Crippen molar-refractivity contribution in [2.45, 2.75) is 32.7 Å². The Hall–Kier alpha value is -4.41. The number of hydrogen-bond donors (Lipinski definition) is 3. The molecule has 42 heavy (non-hydrogen) atoms. The highest BCUT2D eigenvalue weighted by molar-refractivity contribution is 6.02. The van der Waals surface area contributed by atoms with Crippen molar-refractivity contribution in [1.82, 2.24) is 15.4 Å². The number of amides is 1. The van der Waals surface area contributed by atoms with Crippen LogP contribution >= 0.6 is 0 Å². The maximum Gasteiger partial charge on any atom is 0.247 e. The van der Waals surface area contributed by atoms with Gasteiger partial charge in [-0.05, 0) is 35.6 Å². The molecule has 2 unspecified atom stereocenters. The monoisotopic (exact) mass is 569 g/mol. The van der Waals surface area contributed by atoms with Gasteiger partial charge in [-0.1, -0.05) is 57.2 Å². The second-order valence-corrected chi connectivity index (χ2v) is 10.5. The average molecular weight is 570 g/mol. The molecule has 0 spiro atoms. The van der Waals surface area contributed by atoms with Gasteiger partial charge >= 0.3 is 0 Å². The molecule has 1 amide bonds. The normalized spacial score (nSPS) is 17.4. The minimum Gasteiger partial charge on any atom is -0.494 e. The molecule has 1 saturated heterocycles. The molecule has 0 bridgehead atoms. The Bertz CT molecular complexity index is 1420. The number of anilines is 5. The number of aromatic nitrogens is 2. The molecule has 1 aromatic heterocycles. The number of ether oxygens (including phenoxy) is 2. The van der Waals surface area contributed by atoms with Crippen molar-refractivity contribution >= 4 is 34.7 Å². The predicted molar refractivity (Wildman–Crippen MR) is 167 cm³/mol. The van der Waals surface area contributed by atoms with Gasteiger partial charge in [-0.15, -0.1) is 0 Å². The lowest BCUT2D eigenvalue weighted by Gasteiger charge is -2.31. The van der Waals surface area contributed by atoms with E-state index in [9.17, 15) is 4.79 Å². The van der Waals surface area contributed by atoms with Crippen molar-refractivity contribution < 1.29 is 14.3 Å². The topological polar surface area (TPSA) is 104 Å². The highest BCUT2D eigenvalue weighted by Crippen LogP contribution is 2.39. The van der Waals surface area contributed by atoms with Gasteiger partial charge in [0.15, 0.2) is 5.82 Å². The number of benzene rings is 2. The van der Waals surface area contributed by atoms with Crippen LogP contribution in [0.4, 0.5) is 28.8 Å². The van der Waals surface area contributed by atoms with Crippen LogP contribution in [-0.4, -0.2) is 49.3 Å². The van der Waals surface area contributed by atoms with E-state index in [1.54, 1.807) is 13.3 Å². The first-order chi connectivity index (χ1) is 20.5. The largest absolute Gasteiger partial charge is 0.494 e. The molecular formula is C32H39N7O3. The summed E-state index contributed by atoms with van der Waals surface area (Å²) in [7, 11) is 1.62. The zero-order chi connectivity index (χ0) is 29.5. The van der Waals surface area contributed by atoms with E-state index >= 15 is 0 Å². The highest BCUT2D eigenvalue weighted by Gasteiger charge is 2.28. The molecule has 0 radical (unpaired) electrons. The van der Waals surface area contributed by atoms with Gasteiger partial charge in [0, 0.05) is 37.6 Å². The average Bonchev–Trinajstić information content (AvgIpc) is 3.45. The third kappa shape index (κ3) is 6.72. The summed E-state index contributed by atoms with van der Waals surface area (Å²) in [6, 6.07) is 16.1. The number of carbonyl (C=O) groups excluding carboxylic acids is 1. The number of nitrogens with one attached hydrogen (secondary N) is 3. The molecule has 0 aliphatic carbocycles. The number of hydrazine groups is 1. The van der Waals surface area contributed by atoms with Gasteiger partial charge in [0.1, 0.15) is 5.75 Å². The maximum atomic E-state index is 12.3. The lowest BCUT2D eigenvalue weighted by Crippen LogP contribution is -2.36. The first-order valence-electron chi connectivity index (χ1n) is 14.4. The fourth-order valence-corrected chi connectivity index (χ4v) is 5.13. The first-order valence-corrected chi connectivity index (χ1v) is 14.4. The van der Waals surface area contributed by atoms with Crippen molar-refractivity contribution in [2.24, 2.45) is 5.92 Å². The molecule has 220 valence electrons. The Kier molecular flexibility index (Phi) is 9.35. The van der Waals surface area contributed by atoms with Crippen LogP contribution in [0.15, 0.2) is 79.2 Å². The number of rotatable bonds is 11. The summed E-state index contributed by atoms with van der Waals surface area (Å²) in [6.07, 6.45) is 7.22. The van der Waals surface area contributed by atoms with E-state index in [1.165, 1.54) is 17.2 Å². The van der Waals surface area contributed by atoms with Crippen molar-refractivity contribution in [3.8, 4) is 5.75 Å². The van der Waals surface area contributed by atoms with Crippen molar-refractivity contribution in [3.63, 3.8) is 0 Å². The molecule has 3 aromatic rings. The molecule has 2 aliphatic rings. The van der Waals surface area contributed by atoms with Gasteiger partial charge in [-0.2, -0.15) is 4.98 Å². The number of hydrogen-bond acceptors (Lipinski definition) is 9. The Morgan fingerprint density at radius 3 is 2.71 bits per heavy atom. The summed E-state index contributed by atoms with van der Waals surface area (Å²) >= 11 is 0. The maximum absolute atomic E-state index is 12.3. The Balaban J connectivity index is 1.43. The van der Waals surface area contributed by atoms with Crippen LogP contribution in [0.3, 0.4) is 0 Å². The first kappa shape index (κ1) is 29.1. The fraction of sp³-hybridized carbons (Fsp3) is 0.344. The van der Waals surface area contributed by atoms with Gasteiger partial charge in [-0.3, -0.25) is 9.80 Å². The zero-order valence-electron chi connectivity index (χ0n) is 24.5. The van der Waals surface area contributed by atoms with Crippen LogP contribution < -0.4 is 30.7 Å². The predicted octanol–water partition coefficient (Wildman–Crippen LogP) is 5.58. The van der Waals surface area contributed by atoms with E-state index in [0.717, 1.165) is 18.5 Å². The molecule has 2 aliphatic heterocycles. The van der Waals surface area contributed by atoms with Gasteiger partial charge in [-0.25, -0.2) is 10.4 Å². The number of morpholine rings is 1. The molecule has 0 saturated carbocycles. The number of methoxy groups -OCH3 is 1. The second-order valence-electron chi connectivity index (χ2n) is 10.5. The molecule has 2 aromatic carbocycles. The molecule has 1 fully saturated rings. The quantitative estimate of drug-likeness (QED) is 0.256. The molecule has 3 N–H and O–H groups in total. The number of nitrogens with zero attached hydrogens (tertiary/aromatic N) is 4. The molecule has 5 rings (SSSR count). The Morgan fingerprint density at radius 2 is 2.00 bits per heavy atom. The summed E-state index contributed by atoms with van der Waals surface area (Å²) in [6.45, 7) is 10.7. The third-order valence-electron chi connectivity index (χ3n) is 7.59. The van der Waals surface area contributed by atoms with E-state index < -0.39 is 0 Å². The SMILES string of the molecule is C=CC(=O)Nc1cc(Nc2nccc(N3C=C(CC(C)CC)C(c4ccccc4)N3)n2)c(OC)cc1N1CCOCC1. The third-order valence-corrected chi connectivity index (χ3v) is 7.59. The van der Waals surface area contributed by atoms with Crippen LogP contribution in [-0.2, 0) is 9.53 Å².